The topological polar surface area (TPSA) is 133 Å². The van der Waals surface area contributed by atoms with Crippen molar-refractivity contribution in [3.05, 3.63) is 20.8 Å². The number of nitrogens with one attached hydrogen (secondary N) is 3. The molecule has 0 saturated heterocycles. The van der Waals surface area contributed by atoms with Gasteiger partial charge in [0.15, 0.2) is 11.2 Å². The molecule has 1 unspecified atom stereocenters. The van der Waals surface area contributed by atoms with Crippen molar-refractivity contribution in [3.63, 3.8) is 0 Å². The fourth-order valence-electron chi connectivity index (χ4n) is 1.88. The number of H-pyrrole nitrogens is 2. The van der Waals surface area contributed by atoms with Crippen LogP contribution in [0.4, 0.5) is 5.95 Å². The lowest BCUT2D eigenvalue weighted by Crippen LogP contribution is -2.28. The van der Waals surface area contributed by atoms with E-state index in [0.717, 1.165) is 0 Å². The third kappa shape index (κ3) is 1.25. The predicted octanol–water partition coefficient (Wildman–Crippen LogP) is -1.71. The van der Waals surface area contributed by atoms with E-state index < -0.39 is 23.3 Å². The molecular formula is C8H7N5O4. The average Bonchev–Trinajstić information content (AvgIpc) is 2.72. The van der Waals surface area contributed by atoms with Crippen LogP contribution in [0.1, 0.15) is 0 Å². The summed E-state index contributed by atoms with van der Waals surface area (Å²) in [5.41, 5.74) is -0.926. The Kier molecular flexibility index (Phi) is 1.68. The smallest absolute Gasteiger partial charge is 0.328 e. The molecule has 0 amide bonds. The molecule has 0 aliphatic carbocycles. The number of carboxylic acid groups (broad SMARTS) is 1. The molecular weight excluding hydrogens is 230 g/mol. The lowest BCUT2D eigenvalue weighted by atomic mass is 10.3. The van der Waals surface area contributed by atoms with Gasteiger partial charge in [0, 0.05) is 0 Å². The van der Waals surface area contributed by atoms with Crippen molar-refractivity contribution in [2.75, 3.05) is 5.32 Å². The van der Waals surface area contributed by atoms with Gasteiger partial charge in [-0.05, 0) is 0 Å². The van der Waals surface area contributed by atoms with Gasteiger partial charge in [0.25, 0.3) is 5.56 Å². The molecule has 0 fully saturated rings. The first kappa shape index (κ1) is 9.63. The quantitative estimate of drug-likeness (QED) is 0.467. The van der Waals surface area contributed by atoms with Crippen LogP contribution in [0.5, 0.6) is 0 Å². The summed E-state index contributed by atoms with van der Waals surface area (Å²) in [6, 6.07) is -0.812. The van der Waals surface area contributed by atoms with Gasteiger partial charge >= 0.3 is 11.7 Å². The predicted molar refractivity (Wildman–Crippen MR) is 56.0 cm³/mol. The number of aromatic amines is 2. The summed E-state index contributed by atoms with van der Waals surface area (Å²) in [5.74, 6) is -0.760. The third-order valence-electron chi connectivity index (χ3n) is 2.61. The van der Waals surface area contributed by atoms with E-state index in [-0.39, 0.29) is 23.7 Å². The molecule has 2 aromatic rings. The van der Waals surface area contributed by atoms with Gasteiger partial charge in [-0.15, -0.1) is 0 Å². The molecule has 9 heteroatoms. The van der Waals surface area contributed by atoms with Crippen LogP contribution >= 0.6 is 0 Å². The van der Waals surface area contributed by atoms with Crippen molar-refractivity contribution < 1.29 is 9.90 Å². The Balaban J connectivity index is 2.25. The number of imidazole rings is 1. The number of carbonyl (C=O) groups is 1. The summed E-state index contributed by atoms with van der Waals surface area (Å²) in [5, 5.41) is 11.5. The molecule has 2 aromatic heterocycles. The highest BCUT2D eigenvalue weighted by atomic mass is 16.4. The minimum Gasteiger partial charge on any atom is -0.480 e. The normalized spacial score (nSPS) is 18.0. The molecule has 0 aromatic carbocycles. The van der Waals surface area contributed by atoms with Crippen LogP contribution in [0.3, 0.4) is 0 Å². The van der Waals surface area contributed by atoms with Gasteiger partial charge in [-0.1, -0.05) is 0 Å². The molecule has 9 nitrogen and oxygen atoms in total. The summed E-state index contributed by atoms with van der Waals surface area (Å²) in [4.78, 5) is 41.8. The monoisotopic (exact) mass is 237 g/mol. The molecule has 0 radical (unpaired) electrons. The van der Waals surface area contributed by atoms with Crippen LogP contribution in [0.2, 0.25) is 0 Å². The Bertz CT molecular complexity index is 738. The van der Waals surface area contributed by atoms with E-state index in [1.807, 2.05) is 0 Å². The maximum absolute atomic E-state index is 11.6. The Hall–Kier alpha value is -2.58. The number of nitrogens with zero attached hydrogens (tertiary/aromatic N) is 2. The zero-order valence-electron chi connectivity index (χ0n) is 8.35. The zero-order valence-corrected chi connectivity index (χ0v) is 8.35. The average molecular weight is 237 g/mol. The van der Waals surface area contributed by atoms with Crippen LogP contribution in [0.15, 0.2) is 9.59 Å². The van der Waals surface area contributed by atoms with E-state index in [0.29, 0.717) is 0 Å². The molecule has 3 heterocycles. The first-order chi connectivity index (χ1) is 8.06. The number of hydrogen-bond donors (Lipinski definition) is 4. The second-order valence-electron chi connectivity index (χ2n) is 3.69. The molecule has 0 spiro atoms. The molecule has 0 bridgehead atoms. The van der Waals surface area contributed by atoms with Gasteiger partial charge in [-0.3, -0.25) is 14.8 Å². The lowest BCUT2D eigenvalue weighted by molar-refractivity contribution is -0.137. The number of carboxylic acids is 1. The maximum atomic E-state index is 11.6. The largest absolute Gasteiger partial charge is 0.480 e. The summed E-state index contributed by atoms with van der Waals surface area (Å²) in [6.07, 6.45) is 0. The SMILES string of the molecule is O=C(O)C1Cn2c(nc3[nH]c(=O)[nH]c(=O)c32)N1. The van der Waals surface area contributed by atoms with E-state index in [2.05, 4.69) is 20.3 Å². The second kappa shape index (κ2) is 2.97. The molecule has 1 atom stereocenters. The number of aromatic nitrogens is 4. The van der Waals surface area contributed by atoms with Gasteiger partial charge in [-0.25, -0.2) is 9.59 Å². The van der Waals surface area contributed by atoms with Crippen LogP contribution < -0.4 is 16.6 Å². The summed E-state index contributed by atoms with van der Waals surface area (Å²) in [6.45, 7) is 0.0935. The summed E-state index contributed by atoms with van der Waals surface area (Å²) < 4.78 is 1.43. The number of aliphatic carboxylic acids is 1. The number of hydrogen-bond acceptors (Lipinski definition) is 5. The first-order valence-electron chi connectivity index (χ1n) is 4.78. The van der Waals surface area contributed by atoms with Crippen molar-refractivity contribution in [2.45, 2.75) is 12.6 Å². The highest BCUT2D eigenvalue weighted by Crippen LogP contribution is 2.21. The fraction of sp³-hybridized carbons (Fsp3) is 0.250. The van der Waals surface area contributed by atoms with Crippen LogP contribution in [0, 0.1) is 0 Å². The summed E-state index contributed by atoms with van der Waals surface area (Å²) >= 11 is 0. The van der Waals surface area contributed by atoms with Crippen molar-refractivity contribution >= 4 is 23.1 Å². The van der Waals surface area contributed by atoms with Gasteiger partial charge in [0.2, 0.25) is 5.95 Å². The molecule has 4 N–H and O–H groups in total. The lowest BCUT2D eigenvalue weighted by Gasteiger charge is -2.02. The van der Waals surface area contributed by atoms with E-state index in [1.165, 1.54) is 4.57 Å². The molecule has 88 valence electrons. The van der Waals surface area contributed by atoms with Gasteiger partial charge in [-0.2, -0.15) is 4.98 Å². The number of anilines is 1. The minimum atomic E-state index is -1.02. The fourth-order valence-corrected chi connectivity index (χ4v) is 1.88. The van der Waals surface area contributed by atoms with Crippen molar-refractivity contribution in [2.24, 2.45) is 0 Å². The summed E-state index contributed by atoms with van der Waals surface area (Å²) in [7, 11) is 0. The van der Waals surface area contributed by atoms with E-state index in [9.17, 15) is 14.4 Å². The Labute approximate surface area is 92.1 Å². The third-order valence-corrected chi connectivity index (χ3v) is 2.61. The first-order valence-corrected chi connectivity index (χ1v) is 4.78. The highest BCUT2D eigenvalue weighted by molar-refractivity contribution is 5.81. The standard InChI is InChI=1S/C8H7N5O4/c14-5-3-4(11-8(17)12-5)10-7-9-2(6(15)16)1-13(3)7/h2H,1H2,(H,15,16)(H3,9,10,11,12,14,17). The maximum Gasteiger partial charge on any atom is 0.328 e. The Morgan fingerprint density at radius 3 is 2.88 bits per heavy atom. The van der Waals surface area contributed by atoms with Gasteiger partial charge in [0.05, 0.1) is 6.54 Å². The number of rotatable bonds is 1. The van der Waals surface area contributed by atoms with E-state index in [4.69, 9.17) is 5.11 Å². The molecule has 17 heavy (non-hydrogen) atoms. The van der Waals surface area contributed by atoms with E-state index >= 15 is 0 Å². The number of fused-ring (bicyclic) bond motifs is 3. The van der Waals surface area contributed by atoms with Gasteiger partial charge in [0.1, 0.15) is 6.04 Å². The Morgan fingerprint density at radius 2 is 2.18 bits per heavy atom. The second-order valence-corrected chi connectivity index (χ2v) is 3.69. The van der Waals surface area contributed by atoms with Crippen molar-refractivity contribution in [1.29, 1.82) is 0 Å². The van der Waals surface area contributed by atoms with Crippen molar-refractivity contribution in [1.82, 2.24) is 19.5 Å². The van der Waals surface area contributed by atoms with Crippen LogP contribution in [-0.2, 0) is 11.3 Å². The molecule has 1 aliphatic heterocycles. The molecule has 3 rings (SSSR count). The Morgan fingerprint density at radius 1 is 1.41 bits per heavy atom. The van der Waals surface area contributed by atoms with Gasteiger partial charge < -0.3 is 15.0 Å². The van der Waals surface area contributed by atoms with Crippen LogP contribution in [-0.4, -0.2) is 36.6 Å². The van der Waals surface area contributed by atoms with Crippen LogP contribution in [0.25, 0.3) is 11.2 Å². The highest BCUT2D eigenvalue weighted by Gasteiger charge is 2.30. The minimum absolute atomic E-state index is 0.0935. The molecule has 1 aliphatic rings. The molecule has 0 saturated carbocycles. The van der Waals surface area contributed by atoms with Crippen molar-refractivity contribution in [3.8, 4) is 0 Å². The van der Waals surface area contributed by atoms with E-state index in [1.54, 1.807) is 0 Å². The zero-order chi connectivity index (χ0) is 12.2.